The molecule has 1 aromatic rings. The van der Waals surface area contributed by atoms with E-state index in [-0.39, 0.29) is 17.0 Å². The average Bonchev–Trinajstić information content (AvgIpc) is 1.91. The molecule has 0 radical (unpaired) electrons. The molecule has 4 heteroatoms. The molecule has 41 valence electrons. The second-order valence-electron chi connectivity index (χ2n) is 1.19. The molecule has 8 heavy (non-hydrogen) atoms. The number of hydrogen-bond acceptors (Lipinski definition) is 1. The minimum atomic E-state index is 0. The van der Waals surface area contributed by atoms with Gasteiger partial charge in [-0.05, 0) is 0 Å². The molecule has 1 heterocycles. The van der Waals surface area contributed by atoms with E-state index in [2.05, 4.69) is 27.4 Å². The Morgan fingerprint density at radius 2 is 2.25 bits per heavy atom. The van der Waals surface area contributed by atoms with E-state index in [1.165, 1.54) is 26.2 Å². The topological polar surface area (TPSA) is 0 Å². The Balaban J connectivity index is 0.000000490. The molecule has 0 aliphatic carbocycles. The third-order valence-corrected chi connectivity index (χ3v) is 5.41. The van der Waals surface area contributed by atoms with Crippen molar-refractivity contribution in [3.63, 3.8) is 0 Å². The van der Waals surface area contributed by atoms with Crippen molar-refractivity contribution in [1.29, 1.82) is 0 Å². The van der Waals surface area contributed by atoms with Crippen LogP contribution in [0.3, 0.4) is 0 Å². The molecular weight excluding hydrogens is 305 g/mol. The van der Waals surface area contributed by atoms with Crippen LogP contribution in [-0.4, -0.2) is 0 Å². The number of rotatable bonds is 0. The van der Waals surface area contributed by atoms with Gasteiger partial charge in [0.05, 0.1) is 0 Å². The normalized spacial score (nSPS) is 8.38. The average molecular weight is 308 g/mol. The van der Waals surface area contributed by atoms with Crippen molar-refractivity contribution in [1.82, 2.24) is 0 Å². The fourth-order valence-corrected chi connectivity index (χ4v) is 2.31. The molecule has 0 nitrogen and oxygen atoms in total. The van der Waals surface area contributed by atoms with Gasteiger partial charge >= 0.3 is 65.0 Å². The molecule has 0 aromatic carbocycles. The van der Waals surface area contributed by atoms with Gasteiger partial charge < -0.3 is 0 Å². The maximum atomic E-state index is 3.41. The van der Waals surface area contributed by atoms with Crippen LogP contribution in [0.4, 0.5) is 0 Å². The molecule has 0 aliphatic rings. The summed E-state index contributed by atoms with van der Waals surface area (Å²) in [5.74, 6) is 0. The van der Waals surface area contributed by atoms with Crippen molar-refractivity contribution in [2.24, 2.45) is 0 Å². The second kappa shape index (κ2) is 4.16. The van der Waals surface area contributed by atoms with Gasteiger partial charge in [0.2, 0.25) is 0 Å². The van der Waals surface area contributed by atoms with Crippen LogP contribution in [0.25, 0.3) is 0 Å². The minimum absolute atomic E-state index is 0. The Kier molecular flexibility index (Phi) is 4.82. The van der Waals surface area contributed by atoms with E-state index >= 15 is 0 Å². The predicted molar refractivity (Wildman–Crippen MR) is 42.0 cm³/mol. The molecule has 0 saturated heterocycles. The summed E-state index contributed by atoms with van der Waals surface area (Å²) in [6.07, 6.45) is 0. The zero-order valence-corrected chi connectivity index (χ0v) is 11.1. The van der Waals surface area contributed by atoms with Crippen molar-refractivity contribution in [3.8, 4) is 0 Å². The summed E-state index contributed by atoms with van der Waals surface area (Å²) in [5.41, 5.74) is 0. The summed E-state index contributed by atoms with van der Waals surface area (Å²) in [6.45, 7) is 0. The summed E-state index contributed by atoms with van der Waals surface area (Å²) >= 11 is 6.48. The summed E-state index contributed by atoms with van der Waals surface area (Å²) in [4.78, 5) is 0. The van der Waals surface area contributed by atoms with Gasteiger partial charge in [-0.3, -0.25) is 0 Å². The van der Waals surface area contributed by atoms with Crippen LogP contribution in [0.1, 0.15) is 0 Å². The second-order valence-corrected chi connectivity index (χ2v) is 5.61. The van der Waals surface area contributed by atoms with Gasteiger partial charge in [-0.2, -0.15) is 0 Å². The number of halogens is 2. The van der Waals surface area contributed by atoms with Crippen LogP contribution in [0, 0.1) is 0 Å². The van der Waals surface area contributed by atoms with Gasteiger partial charge in [0.1, 0.15) is 0 Å². The molecule has 0 spiro atoms. The summed E-state index contributed by atoms with van der Waals surface area (Å²) in [6, 6.07) is 2.09. The Morgan fingerprint density at radius 3 is 2.38 bits per heavy atom. The Bertz CT molecular complexity index is 146. The van der Waals surface area contributed by atoms with Crippen LogP contribution in [0.2, 0.25) is 0 Å². The number of thiophene rings is 1. The maximum absolute atomic E-state index is 3.41. The fourth-order valence-electron chi connectivity index (χ4n) is 0.325. The van der Waals surface area contributed by atoms with E-state index in [1.54, 1.807) is 0 Å². The zero-order valence-electron chi connectivity index (χ0n) is 4.06. The van der Waals surface area contributed by atoms with Crippen molar-refractivity contribution in [2.75, 3.05) is 0 Å². The summed E-state index contributed by atoms with van der Waals surface area (Å²) in [5, 5.41) is 2.10. The van der Waals surface area contributed by atoms with Gasteiger partial charge in [0.25, 0.3) is 0 Å². The van der Waals surface area contributed by atoms with Crippen molar-refractivity contribution >= 4 is 47.7 Å². The van der Waals surface area contributed by atoms with E-state index in [9.17, 15) is 0 Å². The van der Waals surface area contributed by atoms with Crippen LogP contribution >= 0.6 is 44.2 Å². The van der Waals surface area contributed by atoms with Crippen LogP contribution in [0.15, 0.2) is 15.9 Å². The molecule has 0 amide bonds. The molecule has 0 atom stereocenters. The number of hydrogen-bond donors (Lipinski definition) is 0. The van der Waals surface area contributed by atoms with Crippen LogP contribution < -0.4 is 3.47 Å². The Morgan fingerprint density at radius 1 is 1.62 bits per heavy atom. The molecule has 0 N–H and O–H groups in total. The fraction of sp³-hybridized carbons (Fsp3) is 0. The van der Waals surface area contributed by atoms with Crippen molar-refractivity contribution in [2.45, 2.75) is 0 Å². The Hall–Kier alpha value is 1.28. The Labute approximate surface area is 81.3 Å². The van der Waals surface area contributed by atoms with Crippen molar-refractivity contribution < 1.29 is 18.3 Å². The molecule has 0 saturated carbocycles. The van der Waals surface area contributed by atoms with Gasteiger partial charge in [0.15, 0.2) is 0 Å². The molecular formula is C4H3Br2SZn. The van der Waals surface area contributed by atoms with E-state index in [4.69, 9.17) is 0 Å². The van der Waals surface area contributed by atoms with E-state index < -0.39 is 0 Å². The first kappa shape index (κ1) is 9.28. The van der Waals surface area contributed by atoms with Gasteiger partial charge in [0, 0.05) is 0 Å². The molecule has 0 bridgehead atoms. The first-order valence-electron chi connectivity index (χ1n) is 1.85. The summed E-state index contributed by atoms with van der Waals surface area (Å²) < 4.78 is 2.75. The van der Waals surface area contributed by atoms with Crippen LogP contribution in [-0.2, 0) is 18.3 Å². The molecule has 0 unspecified atom stereocenters. The van der Waals surface area contributed by atoms with E-state index in [0.717, 1.165) is 0 Å². The van der Waals surface area contributed by atoms with Crippen LogP contribution in [0.5, 0.6) is 0 Å². The SMILES string of the molecule is Br.[Zn][c]1sccc1Br. The molecule has 0 aliphatic heterocycles. The van der Waals surface area contributed by atoms with Gasteiger partial charge in [-0.25, -0.2) is 0 Å². The molecule has 1 rings (SSSR count). The summed E-state index contributed by atoms with van der Waals surface area (Å²) in [7, 11) is 0. The third kappa shape index (κ3) is 2.26. The van der Waals surface area contributed by atoms with E-state index in [1.807, 2.05) is 11.3 Å². The van der Waals surface area contributed by atoms with Crippen molar-refractivity contribution in [3.05, 3.63) is 15.9 Å². The predicted octanol–water partition coefficient (Wildman–Crippen LogP) is 2.26. The van der Waals surface area contributed by atoms with Gasteiger partial charge in [-0.1, -0.05) is 0 Å². The monoisotopic (exact) mass is 305 g/mol. The van der Waals surface area contributed by atoms with E-state index in [0.29, 0.717) is 0 Å². The first-order valence-corrected chi connectivity index (χ1v) is 5.01. The molecule has 0 fully saturated rings. The van der Waals surface area contributed by atoms with Gasteiger partial charge in [-0.15, -0.1) is 17.0 Å². The standard InChI is InChI=1S/C4H2BrS.BrH.Zn/c5-4-1-2-6-3-4;;/h1-2H;1H;. The third-order valence-electron chi connectivity index (χ3n) is 0.691. The first-order chi connectivity index (χ1) is 3.30. The zero-order chi connectivity index (χ0) is 5.28. The molecule has 1 aromatic heterocycles. The quantitative estimate of drug-likeness (QED) is 0.645.